The van der Waals surface area contributed by atoms with Gasteiger partial charge in [0.2, 0.25) is 0 Å². The Kier molecular flexibility index (Phi) is 5.92. The molecule has 0 aromatic heterocycles. The summed E-state index contributed by atoms with van der Waals surface area (Å²) in [6, 6.07) is 13.4. The minimum Gasteiger partial charge on any atom is -0.493 e. The molecule has 3 nitrogen and oxygen atoms in total. The zero-order valence-corrected chi connectivity index (χ0v) is 15.0. The molecule has 0 radical (unpaired) electrons. The first-order chi connectivity index (χ1) is 12.2. The molecule has 0 saturated carbocycles. The SMILES string of the molecule is CCCOc1ccc(CN2CCC[C@H]2c2cccc(F)c2)cc1OC. The Morgan fingerprint density at radius 3 is 2.80 bits per heavy atom. The van der Waals surface area contributed by atoms with Gasteiger partial charge in [-0.15, -0.1) is 0 Å². The second kappa shape index (κ2) is 8.34. The van der Waals surface area contributed by atoms with Crippen LogP contribution in [0.25, 0.3) is 0 Å². The molecule has 2 aromatic carbocycles. The number of likely N-dealkylation sites (tertiary alicyclic amines) is 1. The van der Waals surface area contributed by atoms with Crippen LogP contribution in [0.3, 0.4) is 0 Å². The lowest BCUT2D eigenvalue weighted by molar-refractivity contribution is 0.247. The molecule has 25 heavy (non-hydrogen) atoms. The van der Waals surface area contributed by atoms with Crippen molar-refractivity contribution >= 4 is 0 Å². The van der Waals surface area contributed by atoms with Crippen LogP contribution in [-0.2, 0) is 6.54 Å². The van der Waals surface area contributed by atoms with Crippen LogP contribution in [0, 0.1) is 5.82 Å². The average molecular weight is 343 g/mol. The van der Waals surface area contributed by atoms with E-state index < -0.39 is 0 Å². The first-order valence-electron chi connectivity index (χ1n) is 9.00. The number of ether oxygens (including phenoxy) is 2. The van der Waals surface area contributed by atoms with Crippen molar-refractivity contribution in [3.63, 3.8) is 0 Å². The summed E-state index contributed by atoms with van der Waals surface area (Å²) < 4.78 is 24.8. The molecule has 0 bridgehead atoms. The molecule has 4 heteroatoms. The topological polar surface area (TPSA) is 21.7 Å². The fourth-order valence-electron chi connectivity index (χ4n) is 3.48. The van der Waals surface area contributed by atoms with Gasteiger partial charge in [0, 0.05) is 12.6 Å². The molecule has 1 aliphatic rings. The predicted molar refractivity (Wildman–Crippen MR) is 97.6 cm³/mol. The highest BCUT2D eigenvalue weighted by Gasteiger charge is 2.26. The molecule has 1 heterocycles. The Hall–Kier alpha value is -2.07. The van der Waals surface area contributed by atoms with Crippen molar-refractivity contribution in [2.75, 3.05) is 20.3 Å². The minimum atomic E-state index is -0.163. The maximum absolute atomic E-state index is 13.6. The molecule has 0 N–H and O–H groups in total. The van der Waals surface area contributed by atoms with Gasteiger partial charge >= 0.3 is 0 Å². The average Bonchev–Trinajstić information content (AvgIpc) is 3.08. The highest BCUT2D eigenvalue weighted by atomic mass is 19.1. The van der Waals surface area contributed by atoms with E-state index in [1.807, 2.05) is 18.2 Å². The summed E-state index contributed by atoms with van der Waals surface area (Å²) in [6.07, 6.45) is 3.17. The Labute approximate surface area is 149 Å². The third kappa shape index (κ3) is 4.31. The van der Waals surface area contributed by atoms with Gasteiger partial charge in [-0.2, -0.15) is 0 Å². The van der Waals surface area contributed by atoms with Crippen LogP contribution in [0.15, 0.2) is 42.5 Å². The summed E-state index contributed by atoms with van der Waals surface area (Å²) in [4.78, 5) is 2.41. The van der Waals surface area contributed by atoms with E-state index in [0.717, 1.165) is 49.4 Å². The van der Waals surface area contributed by atoms with E-state index in [2.05, 4.69) is 17.9 Å². The second-order valence-electron chi connectivity index (χ2n) is 6.52. The molecular formula is C21H26FNO2. The molecule has 1 fully saturated rings. The molecule has 0 aliphatic carbocycles. The van der Waals surface area contributed by atoms with E-state index in [1.165, 1.54) is 11.6 Å². The predicted octanol–water partition coefficient (Wildman–Crippen LogP) is 4.96. The van der Waals surface area contributed by atoms with Crippen LogP contribution in [0.5, 0.6) is 11.5 Å². The Morgan fingerprint density at radius 2 is 2.04 bits per heavy atom. The number of halogens is 1. The van der Waals surface area contributed by atoms with Crippen molar-refractivity contribution in [3.8, 4) is 11.5 Å². The summed E-state index contributed by atoms with van der Waals surface area (Å²) in [6.45, 7) is 4.62. The molecule has 1 atom stereocenters. The number of hydrogen-bond donors (Lipinski definition) is 0. The van der Waals surface area contributed by atoms with Crippen LogP contribution >= 0.6 is 0 Å². The van der Waals surface area contributed by atoms with E-state index in [4.69, 9.17) is 9.47 Å². The Balaban J connectivity index is 1.74. The van der Waals surface area contributed by atoms with Gasteiger partial charge < -0.3 is 9.47 Å². The summed E-state index contributed by atoms with van der Waals surface area (Å²) in [5.74, 6) is 1.40. The van der Waals surface area contributed by atoms with Crippen LogP contribution in [0.1, 0.15) is 43.4 Å². The summed E-state index contributed by atoms with van der Waals surface area (Å²) >= 11 is 0. The minimum absolute atomic E-state index is 0.163. The standard InChI is InChI=1S/C21H26FNO2/c1-3-12-25-20-10-9-16(13-21(20)24-2)15-23-11-5-8-19(23)17-6-4-7-18(22)14-17/h4,6-7,9-10,13-14,19H,3,5,8,11-12,15H2,1-2H3/t19-/m0/s1. The van der Waals surface area contributed by atoms with Gasteiger partial charge in [0.25, 0.3) is 0 Å². The number of nitrogens with zero attached hydrogens (tertiary/aromatic N) is 1. The van der Waals surface area contributed by atoms with E-state index in [-0.39, 0.29) is 11.9 Å². The lowest BCUT2D eigenvalue weighted by Gasteiger charge is -2.25. The largest absolute Gasteiger partial charge is 0.493 e. The smallest absolute Gasteiger partial charge is 0.161 e. The van der Waals surface area contributed by atoms with Crippen molar-refractivity contribution in [1.29, 1.82) is 0 Å². The lowest BCUT2D eigenvalue weighted by atomic mass is 10.0. The molecular weight excluding hydrogens is 317 g/mol. The van der Waals surface area contributed by atoms with Crippen molar-refractivity contribution in [2.24, 2.45) is 0 Å². The highest BCUT2D eigenvalue weighted by Crippen LogP contribution is 2.35. The van der Waals surface area contributed by atoms with Gasteiger partial charge in [-0.1, -0.05) is 25.1 Å². The third-order valence-electron chi connectivity index (χ3n) is 4.67. The molecule has 1 saturated heterocycles. The maximum Gasteiger partial charge on any atom is 0.161 e. The van der Waals surface area contributed by atoms with Crippen LogP contribution in [-0.4, -0.2) is 25.2 Å². The van der Waals surface area contributed by atoms with Gasteiger partial charge in [0.1, 0.15) is 5.82 Å². The molecule has 2 aromatic rings. The fourth-order valence-corrected chi connectivity index (χ4v) is 3.48. The van der Waals surface area contributed by atoms with Crippen LogP contribution in [0.4, 0.5) is 4.39 Å². The van der Waals surface area contributed by atoms with Gasteiger partial charge in [-0.25, -0.2) is 4.39 Å². The van der Waals surface area contributed by atoms with Crippen molar-refractivity contribution < 1.29 is 13.9 Å². The van der Waals surface area contributed by atoms with Gasteiger partial charge in [-0.05, 0) is 61.2 Å². The lowest BCUT2D eigenvalue weighted by Crippen LogP contribution is -2.22. The van der Waals surface area contributed by atoms with E-state index in [0.29, 0.717) is 6.61 Å². The number of rotatable bonds is 7. The van der Waals surface area contributed by atoms with Crippen LogP contribution < -0.4 is 9.47 Å². The van der Waals surface area contributed by atoms with Crippen molar-refractivity contribution in [2.45, 2.75) is 38.8 Å². The zero-order valence-electron chi connectivity index (χ0n) is 15.0. The Bertz CT molecular complexity index is 704. The number of hydrogen-bond acceptors (Lipinski definition) is 3. The van der Waals surface area contributed by atoms with Crippen LogP contribution in [0.2, 0.25) is 0 Å². The van der Waals surface area contributed by atoms with Gasteiger partial charge in [0.15, 0.2) is 11.5 Å². The summed E-state index contributed by atoms with van der Waals surface area (Å²) in [5.41, 5.74) is 2.25. The third-order valence-corrected chi connectivity index (χ3v) is 4.67. The highest BCUT2D eigenvalue weighted by molar-refractivity contribution is 5.43. The van der Waals surface area contributed by atoms with Gasteiger partial charge in [0.05, 0.1) is 13.7 Å². The molecule has 0 unspecified atom stereocenters. The molecule has 3 rings (SSSR count). The quantitative estimate of drug-likeness (QED) is 0.709. The summed E-state index contributed by atoms with van der Waals surface area (Å²) in [5, 5.41) is 0. The van der Waals surface area contributed by atoms with E-state index in [1.54, 1.807) is 19.2 Å². The fraction of sp³-hybridized carbons (Fsp3) is 0.429. The Morgan fingerprint density at radius 1 is 1.16 bits per heavy atom. The summed E-state index contributed by atoms with van der Waals surface area (Å²) in [7, 11) is 1.67. The second-order valence-corrected chi connectivity index (χ2v) is 6.52. The number of benzene rings is 2. The molecule has 134 valence electrons. The zero-order chi connectivity index (χ0) is 17.6. The molecule has 0 spiro atoms. The van der Waals surface area contributed by atoms with E-state index >= 15 is 0 Å². The maximum atomic E-state index is 13.6. The molecule has 0 amide bonds. The first-order valence-corrected chi connectivity index (χ1v) is 9.00. The normalized spacial score (nSPS) is 17.6. The van der Waals surface area contributed by atoms with Gasteiger partial charge in [-0.3, -0.25) is 4.90 Å². The molecule has 1 aliphatic heterocycles. The van der Waals surface area contributed by atoms with E-state index in [9.17, 15) is 4.39 Å². The monoisotopic (exact) mass is 343 g/mol. The van der Waals surface area contributed by atoms with Crippen molar-refractivity contribution in [1.82, 2.24) is 4.90 Å². The van der Waals surface area contributed by atoms with Crippen molar-refractivity contribution in [3.05, 3.63) is 59.4 Å². The first kappa shape index (κ1) is 17.7. The number of methoxy groups -OCH3 is 1.